The number of halogens is 2. The van der Waals surface area contributed by atoms with Gasteiger partial charge in [0.1, 0.15) is 41.6 Å². The number of aliphatic imine (C=N–C) groups is 1. The number of aromatic hydroxyl groups is 1. The Bertz CT molecular complexity index is 1760. The maximum Gasteiger partial charge on any atom is 0.319 e. The number of amidine groups is 1. The number of ether oxygens (including phenoxy) is 1. The second kappa shape index (κ2) is 10.1. The topological polar surface area (TPSA) is 93.8 Å². The molecule has 4 saturated heterocycles. The zero-order valence-electron chi connectivity index (χ0n) is 25.5. The first-order chi connectivity index (χ1) is 21.9. The van der Waals surface area contributed by atoms with Crippen molar-refractivity contribution in [3.05, 3.63) is 46.9 Å². The summed E-state index contributed by atoms with van der Waals surface area (Å²) in [5, 5.41) is 14.4. The Balaban J connectivity index is 1.21. The largest absolute Gasteiger partial charge is 0.508 e. The van der Waals surface area contributed by atoms with Crippen LogP contribution >= 0.6 is 0 Å². The van der Waals surface area contributed by atoms with E-state index >= 15 is 4.39 Å². The first kappa shape index (κ1) is 27.5. The lowest BCUT2D eigenvalue weighted by Gasteiger charge is -2.37. The number of hydrogen-bond acceptors (Lipinski definition) is 9. The Hall–Kier alpha value is -3.77. The molecule has 6 aliphatic heterocycles. The van der Waals surface area contributed by atoms with Gasteiger partial charge in [-0.15, -0.1) is 0 Å². The molecule has 9 heterocycles. The summed E-state index contributed by atoms with van der Waals surface area (Å²) in [5.74, 6) is 0.853. The number of rotatable bonds is 6. The highest BCUT2D eigenvalue weighted by molar-refractivity contribution is 6.16. The monoisotopic (exact) mass is 616 g/mol. The zero-order valence-corrected chi connectivity index (χ0v) is 25.5. The third kappa shape index (κ3) is 4.21. The standard InChI is InChI=1S/C33H38F2N8O2/c1-2-22-6-7-23-12-24(44)13-25(43(22)23)29-27(35)28-26(30-36-9-11-42(29)30)31(40-16-20-4-5-21(17-40)37-20)39-32(38-28)45-18-33-8-3-10-41(33)15-19(34)14-33/h6-7,12-13,19-21,37,44H,2-5,8-11,14-18H2,1H3/t19-,20-,21+,33+/m1/s1. The van der Waals surface area contributed by atoms with Crippen molar-refractivity contribution in [1.29, 1.82) is 0 Å². The van der Waals surface area contributed by atoms with Crippen LogP contribution in [-0.4, -0.2) is 105 Å². The second-order valence-corrected chi connectivity index (χ2v) is 13.5. The molecule has 9 rings (SSSR count). The molecule has 236 valence electrons. The Morgan fingerprint density at radius 1 is 1.11 bits per heavy atom. The van der Waals surface area contributed by atoms with Crippen LogP contribution in [0.2, 0.25) is 0 Å². The van der Waals surface area contributed by atoms with Crippen LogP contribution in [0.4, 0.5) is 14.6 Å². The predicted octanol–water partition coefficient (Wildman–Crippen LogP) is 3.76. The molecule has 0 spiro atoms. The summed E-state index contributed by atoms with van der Waals surface area (Å²) in [5.41, 5.74) is 3.05. The van der Waals surface area contributed by atoms with Gasteiger partial charge in [-0.05, 0) is 50.8 Å². The fourth-order valence-electron chi connectivity index (χ4n) is 8.82. The maximum absolute atomic E-state index is 17.3. The highest BCUT2D eigenvalue weighted by atomic mass is 19.1. The van der Waals surface area contributed by atoms with Gasteiger partial charge < -0.3 is 29.4 Å². The number of anilines is 1. The van der Waals surface area contributed by atoms with Gasteiger partial charge in [0.25, 0.3) is 0 Å². The van der Waals surface area contributed by atoms with Gasteiger partial charge in [0.2, 0.25) is 0 Å². The first-order valence-electron chi connectivity index (χ1n) is 16.4. The fraction of sp³-hybridized carbons (Fsp3) is 0.545. The number of fused-ring (bicyclic) bond motifs is 7. The summed E-state index contributed by atoms with van der Waals surface area (Å²) < 4.78 is 40.2. The molecule has 2 bridgehead atoms. The van der Waals surface area contributed by atoms with Crippen molar-refractivity contribution in [2.24, 2.45) is 4.99 Å². The molecule has 3 aromatic rings. The van der Waals surface area contributed by atoms with Crippen LogP contribution in [-0.2, 0) is 6.42 Å². The molecule has 4 fully saturated rings. The molecule has 0 unspecified atom stereocenters. The Kier molecular flexibility index (Phi) is 6.19. The Morgan fingerprint density at radius 3 is 2.78 bits per heavy atom. The number of pyridine rings is 1. The van der Waals surface area contributed by atoms with Gasteiger partial charge in [0.15, 0.2) is 5.83 Å². The van der Waals surface area contributed by atoms with Crippen LogP contribution in [0.5, 0.6) is 11.8 Å². The van der Waals surface area contributed by atoms with Crippen LogP contribution in [0.1, 0.15) is 61.7 Å². The summed E-state index contributed by atoms with van der Waals surface area (Å²) in [7, 11) is 0. The minimum absolute atomic E-state index is 0.0637. The smallest absolute Gasteiger partial charge is 0.319 e. The van der Waals surface area contributed by atoms with Crippen LogP contribution in [0.3, 0.4) is 0 Å². The number of aryl methyl sites for hydroxylation is 1. The molecular formula is C33H38F2N8O2. The lowest BCUT2D eigenvalue weighted by Crippen LogP contribution is -2.52. The van der Waals surface area contributed by atoms with Crippen LogP contribution < -0.4 is 15.0 Å². The van der Waals surface area contributed by atoms with E-state index in [1.54, 1.807) is 12.1 Å². The van der Waals surface area contributed by atoms with Crippen LogP contribution in [0, 0.1) is 0 Å². The van der Waals surface area contributed by atoms with Crippen molar-refractivity contribution < 1.29 is 18.6 Å². The average Bonchev–Trinajstić information content (AvgIpc) is 3.85. The Morgan fingerprint density at radius 2 is 1.96 bits per heavy atom. The maximum atomic E-state index is 17.3. The van der Waals surface area contributed by atoms with Gasteiger partial charge in [-0.25, -0.2) is 8.78 Å². The van der Waals surface area contributed by atoms with E-state index < -0.39 is 12.0 Å². The number of hydrogen-bond donors (Lipinski definition) is 2. The van der Waals surface area contributed by atoms with Gasteiger partial charge in [-0.1, -0.05) is 6.92 Å². The van der Waals surface area contributed by atoms with Gasteiger partial charge >= 0.3 is 6.01 Å². The quantitative estimate of drug-likeness (QED) is 0.433. The highest BCUT2D eigenvalue weighted by Gasteiger charge is 2.50. The third-order valence-electron chi connectivity index (χ3n) is 10.8. The lowest BCUT2D eigenvalue weighted by atomic mass is 9.95. The summed E-state index contributed by atoms with van der Waals surface area (Å²) in [4.78, 5) is 21.0. The van der Waals surface area contributed by atoms with Gasteiger partial charge in [0, 0.05) is 68.0 Å². The van der Waals surface area contributed by atoms with E-state index in [1.807, 2.05) is 21.4 Å². The number of piperazine rings is 1. The molecule has 6 aliphatic rings. The van der Waals surface area contributed by atoms with Crippen LogP contribution in [0.15, 0.2) is 29.3 Å². The van der Waals surface area contributed by atoms with Crippen molar-refractivity contribution in [3.63, 3.8) is 0 Å². The number of nitrogens with zero attached hydrogens (tertiary/aromatic N) is 7. The summed E-state index contributed by atoms with van der Waals surface area (Å²) >= 11 is 0. The van der Waals surface area contributed by atoms with Crippen LogP contribution in [0.25, 0.3) is 17.0 Å². The zero-order chi connectivity index (χ0) is 30.4. The van der Waals surface area contributed by atoms with E-state index in [0.717, 1.165) is 62.9 Å². The summed E-state index contributed by atoms with van der Waals surface area (Å²) in [6.07, 6.45) is 4.35. The molecule has 4 atom stereocenters. The summed E-state index contributed by atoms with van der Waals surface area (Å²) in [6, 6.07) is 8.05. The minimum atomic E-state index is -0.875. The normalized spacial score (nSPS) is 29.0. The van der Waals surface area contributed by atoms with Gasteiger partial charge in [0.05, 0.1) is 23.3 Å². The first-order valence-corrected chi connectivity index (χ1v) is 16.4. The lowest BCUT2D eigenvalue weighted by molar-refractivity contribution is 0.107. The molecule has 10 nitrogen and oxygen atoms in total. The molecule has 3 aromatic heterocycles. The minimum Gasteiger partial charge on any atom is -0.508 e. The van der Waals surface area contributed by atoms with Gasteiger partial charge in [-0.2, -0.15) is 9.97 Å². The van der Waals surface area contributed by atoms with Crippen molar-refractivity contribution >= 4 is 28.7 Å². The molecule has 0 amide bonds. The molecule has 2 N–H and O–H groups in total. The van der Waals surface area contributed by atoms with Crippen molar-refractivity contribution in [3.8, 4) is 11.8 Å². The molecule has 12 heteroatoms. The van der Waals surface area contributed by atoms with Crippen molar-refractivity contribution in [2.75, 3.05) is 50.8 Å². The molecule has 0 radical (unpaired) electrons. The van der Waals surface area contributed by atoms with E-state index in [0.29, 0.717) is 66.7 Å². The number of alkyl halides is 1. The Labute approximate surface area is 260 Å². The number of aromatic nitrogens is 3. The van der Waals surface area contributed by atoms with Crippen molar-refractivity contribution in [2.45, 2.75) is 69.2 Å². The predicted molar refractivity (Wildman–Crippen MR) is 167 cm³/mol. The number of nitrogens with one attached hydrogen (secondary N) is 1. The fourth-order valence-corrected chi connectivity index (χ4v) is 8.82. The molecule has 0 saturated carbocycles. The summed E-state index contributed by atoms with van der Waals surface area (Å²) in [6.45, 7) is 6.13. The van der Waals surface area contributed by atoms with Crippen molar-refractivity contribution in [1.82, 2.24) is 29.5 Å². The van der Waals surface area contributed by atoms with E-state index in [4.69, 9.17) is 19.7 Å². The SMILES string of the molecule is CCc1ccc2cc(O)cc(C3=C(F)c4nc(OC[C@@]56CCCN5C[C@H](F)C6)nc(N5C[C@H]6CC[C@@H](C5)N6)c4C4=NCCN43)n12. The van der Waals surface area contributed by atoms with Gasteiger partial charge in [-0.3, -0.25) is 9.89 Å². The van der Waals surface area contributed by atoms with E-state index in [9.17, 15) is 9.50 Å². The average molecular weight is 617 g/mol. The molecular weight excluding hydrogens is 578 g/mol. The second-order valence-electron chi connectivity index (χ2n) is 13.5. The molecule has 0 aliphatic carbocycles. The van der Waals surface area contributed by atoms with E-state index in [1.165, 1.54) is 0 Å². The highest BCUT2D eigenvalue weighted by Crippen LogP contribution is 2.45. The van der Waals surface area contributed by atoms with E-state index in [2.05, 4.69) is 22.0 Å². The van der Waals surface area contributed by atoms with E-state index in [-0.39, 0.29) is 29.6 Å². The molecule has 45 heavy (non-hydrogen) atoms. The molecule has 0 aromatic carbocycles. The third-order valence-corrected chi connectivity index (χ3v) is 10.8.